The zero-order valence-corrected chi connectivity index (χ0v) is 23.8. The highest BCUT2D eigenvalue weighted by molar-refractivity contribution is 7.98. The Balaban J connectivity index is 1.40. The number of carbonyl (C=O) groups excluding carboxylic acids is 1. The van der Waals surface area contributed by atoms with Crippen LogP contribution in [0.3, 0.4) is 0 Å². The molecule has 1 spiro atoms. The number of aliphatic hydroxyl groups is 1. The van der Waals surface area contributed by atoms with Gasteiger partial charge < -0.3 is 20.2 Å². The highest BCUT2D eigenvalue weighted by Crippen LogP contribution is 2.54. The molecule has 1 aromatic carbocycles. The van der Waals surface area contributed by atoms with Crippen LogP contribution >= 0.6 is 11.8 Å². The summed E-state index contributed by atoms with van der Waals surface area (Å²) in [7, 11) is -3.76. The van der Waals surface area contributed by atoms with E-state index in [2.05, 4.69) is 24.8 Å². The molecule has 0 radical (unpaired) electrons. The summed E-state index contributed by atoms with van der Waals surface area (Å²) in [5, 5.41) is 12.1. The van der Waals surface area contributed by atoms with Gasteiger partial charge in [-0.2, -0.15) is 0 Å². The second-order valence-corrected chi connectivity index (χ2v) is 13.4. The number of sulfonamides is 1. The lowest BCUT2D eigenvalue weighted by molar-refractivity contribution is 0.102. The third-order valence-corrected chi connectivity index (χ3v) is 10.1. The molecule has 39 heavy (non-hydrogen) atoms. The van der Waals surface area contributed by atoms with Crippen LogP contribution < -0.4 is 19.8 Å². The van der Waals surface area contributed by atoms with E-state index in [1.54, 1.807) is 17.8 Å². The summed E-state index contributed by atoms with van der Waals surface area (Å²) in [6.07, 6.45) is 8.18. The molecule has 9 nitrogen and oxygen atoms in total. The molecule has 3 fully saturated rings. The fourth-order valence-corrected chi connectivity index (χ4v) is 6.84. The van der Waals surface area contributed by atoms with E-state index in [9.17, 15) is 17.6 Å². The number of benzene rings is 1. The van der Waals surface area contributed by atoms with Crippen LogP contribution in [0.15, 0.2) is 35.4 Å². The van der Waals surface area contributed by atoms with E-state index >= 15 is 0 Å². The monoisotopic (exact) mass is 577 g/mol. The highest BCUT2D eigenvalue weighted by Gasteiger charge is 2.44. The van der Waals surface area contributed by atoms with Crippen LogP contribution in [0.2, 0.25) is 0 Å². The fraction of sp³-hybridized carbons (Fsp3) is 0.556. The first-order valence-corrected chi connectivity index (χ1v) is 16.3. The number of thioether (sulfide) groups is 1. The van der Waals surface area contributed by atoms with Crippen molar-refractivity contribution >= 4 is 50.6 Å². The van der Waals surface area contributed by atoms with E-state index in [0.717, 1.165) is 36.5 Å². The second kappa shape index (κ2) is 11.5. The minimum Gasteiger partial charge on any atom is -0.395 e. The average Bonchev–Trinajstić information content (AvgIpc) is 3.67. The highest BCUT2D eigenvalue weighted by atomic mass is 32.2. The van der Waals surface area contributed by atoms with Crippen LogP contribution in [0.25, 0.3) is 0 Å². The molecule has 0 bridgehead atoms. The number of alkyl halides is 1. The van der Waals surface area contributed by atoms with E-state index in [4.69, 9.17) is 5.11 Å². The van der Waals surface area contributed by atoms with Crippen molar-refractivity contribution in [1.82, 2.24) is 4.98 Å². The number of nitrogens with zero attached hydrogens (tertiary/aromatic N) is 3. The van der Waals surface area contributed by atoms with Crippen molar-refractivity contribution in [1.29, 1.82) is 0 Å². The van der Waals surface area contributed by atoms with Crippen LogP contribution in [0.4, 0.5) is 27.3 Å². The van der Waals surface area contributed by atoms with Gasteiger partial charge in [-0.05, 0) is 68.4 Å². The summed E-state index contributed by atoms with van der Waals surface area (Å²) in [5.74, 6) is -0.653. The maximum Gasteiger partial charge on any atom is 0.259 e. The van der Waals surface area contributed by atoms with E-state index in [0.29, 0.717) is 48.3 Å². The lowest BCUT2D eigenvalue weighted by Crippen LogP contribution is -2.36. The molecular formula is C27H36FN5O4S2. The number of anilines is 4. The Kier molecular flexibility index (Phi) is 8.25. The number of nitrogens with one attached hydrogen (secondary N) is 2. The summed E-state index contributed by atoms with van der Waals surface area (Å²) >= 11 is 1.61. The van der Waals surface area contributed by atoms with Gasteiger partial charge in [-0.25, -0.2) is 17.8 Å². The molecule has 1 saturated carbocycles. The van der Waals surface area contributed by atoms with Crippen molar-refractivity contribution < 1.29 is 22.7 Å². The Morgan fingerprint density at radius 3 is 2.44 bits per heavy atom. The molecule has 3 aliphatic rings. The summed E-state index contributed by atoms with van der Waals surface area (Å²) in [5.41, 5.74) is 3.03. The molecule has 0 atom stereocenters. The van der Waals surface area contributed by atoms with Crippen molar-refractivity contribution in [2.24, 2.45) is 5.41 Å². The van der Waals surface area contributed by atoms with Crippen LogP contribution in [0.5, 0.6) is 0 Å². The van der Waals surface area contributed by atoms with Gasteiger partial charge in [-0.15, -0.1) is 11.8 Å². The SMILES string of the molecule is CSc1ccc(NC(=O)c2cnc(NS(=O)(=O)CCO)cc2N2CCC3(CC2)CC3)cc1N1CCC(F)CC1. The molecule has 1 aliphatic carbocycles. The number of piperidine rings is 2. The number of pyridine rings is 1. The predicted molar refractivity (Wildman–Crippen MR) is 154 cm³/mol. The minimum absolute atomic E-state index is 0.115. The number of aliphatic hydroxyl groups excluding tert-OH is 1. The second-order valence-electron chi connectivity index (χ2n) is 10.7. The van der Waals surface area contributed by atoms with Crippen molar-refractivity contribution in [3.05, 3.63) is 36.0 Å². The first-order valence-electron chi connectivity index (χ1n) is 13.5. The van der Waals surface area contributed by atoms with Gasteiger partial charge >= 0.3 is 0 Å². The molecular weight excluding hydrogens is 541 g/mol. The minimum atomic E-state index is -3.76. The first kappa shape index (κ1) is 28.0. The van der Waals surface area contributed by atoms with Gasteiger partial charge in [0.15, 0.2) is 0 Å². The van der Waals surface area contributed by atoms with Crippen molar-refractivity contribution in [2.75, 3.05) is 64.6 Å². The van der Waals surface area contributed by atoms with Crippen LogP contribution in [0, 0.1) is 5.41 Å². The third kappa shape index (κ3) is 6.60. The molecule has 1 aromatic heterocycles. The molecule has 1 amide bonds. The Hall–Kier alpha value is -2.57. The predicted octanol–water partition coefficient (Wildman–Crippen LogP) is 4.11. The topological polar surface area (TPSA) is 115 Å². The zero-order valence-electron chi connectivity index (χ0n) is 22.2. The van der Waals surface area contributed by atoms with Gasteiger partial charge in [0, 0.05) is 49.0 Å². The number of carbonyl (C=O) groups is 1. The van der Waals surface area contributed by atoms with Gasteiger partial charge in [-0.1, -0.05) is 0 Å². The lowest BCUT2D eigenvalue weighted by atomic mass is 9.93. The largest absolute Gasteiger partial charge is 0.395 e. The summed E-state index contributed by atoms with van der Waals surface area (Å²) < 4.78 is 40.6. The summed E-state index contributed by atoms with van der Waals surface area (Å²) in [4.78, 5) is 23.2. The number of hydrogen-bond donors (Lipinski definition) is 3. The normalized spacial score (nSPS) is 19.3. The van der Waals surface area contributed by atoms with Crippen LogP contribution in [-0.4, -0.2) is 75.4 Å². The zero-order chi connectivity index (χ0) is 27.6. The van der Waals surface area contributed by atoms with Gasteiger partial charge in [0.25, 0.3) is 5.91 Å². The molecule has 2 aliphatic heterocycles. The molecule has 212 valence electrons. The van der Waals surface area contributed by atoms with Crippen molar-refractivity contribution in [3.63, 3.8) is 0 Å². The molecule has 3 heterocycles. The number of aromatic nitrogens is 1. The molecule has 3 N–H and O–H groups in total. The van der Waals surface area contributed by atoms with E-state index < -0.39 is 28.6 Å². The maximum absolute atomic E-state index is 13.7. The number of rotatable bonds is 9. The average molecular weight is 578 g/mol. The first-order chi connectivity index (χ1) is 18.7. The molecule has 0 unspecified atom stereocenters. The fourth-order valence-electron chi connectivity index (χ4n) is 5.47. The number of amides is 1. The van der Waals surface area contributed by atoms with Crippen molar-refractivity contribution in [2.45, 2.75) is 49.6 Å². The maximum atomic E-state index is 13.7. The molecule has 12 heteroatoms. The molecule has 5 rings (SSSR count). The Morgan fingerprint density at radius 2 is 1.79 bits per heavy atom. The number of hydrogen-bond acceptors (Lipinski definition) is 8. The molecule has 2 aromatic rings. The van der Waals surface area contributed by atoms with Gasteiger partial charge in [0.1, 0.15) is 12.0 Å². The van der Waals surface area contributed by atoms with Crippen molar-refractivity contribution in [3.8, 4) is 0 Å². The smallest absolute Gasteiger partial charge is 0.259 e. The van der Waals surface area contributed by atoms with E-state index in [-0.39, 0.29) is 11.7 Å². The number of halogens is 1. The molecule has 2 saturated heterocycles. The van der Waals surface area contributed by atoms with E-state index in [1.807, 2.05) is 24.5 Å². The Labute approximate surface area is 233 Å². The van der Waals surface area contributed by atoms with E-state index in [1.165, 1.54) is 19.0 Å². The van der Waals surface area contributed by atoms with Gasteiger partial charge in [0.05, 0.1) is 29.3 Å². The van der Waals surface area contributed by atoms with Crippen LogP contribution in [0.1, 0.15) is 48.9 Å². The Bertz CT molecular complexity index is 1300. The quantitative estimate of drug-likeness (QED) is 0.382. The lowest BCUT2D eigenvalue weighted by Gasteiger charge is -2.35. The standard InChI is InChI=1S/C27H36FN5O4S2/c1-38-24-3-2-20(16-23(24)32-10-4-19(28)5-11-32)30-26(35)21-18-29-25(31-39(36,37)15-14-34)17-22(21)33-12-8-27(6-7-27)9-13-33/h2-3,16-19,34H,4-15H2,1H3,(H,29,31)(H,30,35). The Morgan fingerprint density at radius 1 is 1.10 bits per heavy atom. The van der Waals surface area contributed by atoms with Gasteiger partial charge in [-0.3, -0.25) is 9.52 Å². The third-order valence-electron chi connectivity index (χ3n) is 8.07. The summed E-state index contributed by atoms with van der Waals surface area (Å²) in [6.45, 7) is 2.32. The van der Waals surface area contributed by atoms with Gasteiger partial charge in [0.2, 0.25) is 10.0 Å². The summed E-state index contributed by atoms with van der Waals surface area (Å²) in [6, 6.07) is 7.37. The van der Waals surface area contributed by atoms with Crippen LogP contribution in [-0.2, 0) is 10.0 Å².